The van der Waals surface area contributed by atoms with E-state index in [9.17, 15) is 8.42 Å². The van der Waals surface area contributed by atoms with Crippen LogP contribution in [0.25, 0.3) is 11.4 Å². The van der Waals surface area contributed by atoms with Crippen LogP contribution in [-0.4, -0.2) is 76.4 Å². The van der Waals surface area contributed by atoms with Crippen molar-refractivity contribution in [2.45, 2.75) is 56.9 Å². The highest BCUT2D eigenvalue weighted by molar-refractivity contribution is 7.91. The van der Waals surface area contributed by atoms with Crippen molar-refractivity contribution in [3.8, 4) is 23.0 Å². The fraction of sp³-hybridized carbons (Fsp3) is 0.542. The topological polar surface area (TPSA) is 140 Å². The standard InChI is InChI=1S/C24H31ClN6O6S/c1-6-35-24-21-18(7-8-26-24)23-30-29-19(31(23)17(11-34-5)12-36-21)13-38(32,33)15(4)20(37-14(2)3)22-27-9-16(25)10-28-22/h7-10,14-15,17,20H,6,11-13H2,1-5H3/t15-,17+,20+/m0/s1. The Morgan fingerprint density at radius 3 is 2.58 bits per heavy atom. The molecule has 0 spiro atoms. The van der Waals surface area contributed by atoms with Crippen molar-refractivity contribution in [2.24, 2.45) is 0 Å². The molecule has 4 heterocycles. The maximum absolute atomic E-state index is 13.7. The van der Waals surface area contributed by atoms with Crippen LogP contribution >= 0.6 is 11.6 Å². The van der Waals surface area contributed by atoms with E-state index in [1.165, 1.54) is 12.4 Å². The number of aromatic nitrogens is 6. The van der Waals surface area contributed by atoms with Gasteiger partial charge in [-0.15, -0.1) is 10.2 Å². The summed E-state index contributed by atoms with van der Waals surface area (Å²) in [5.41, 5.74) is 0.599. The lowest BCUT2D eigenvalue weighted by Crippen LogP contribution is -2.32. The molecule has 12 nitrogen and oxygen atoms in total. The van der Waals surface area contributed by atoms with Crippen LogP contribution in [0.2, 0.25) is 5.02 Å². The lowest BCUT2D eigenvalue weighted by molar-refractivity contribution is 0.00142. The number of sulfone groups is 1. The molecule has 0 N–H and O–H groups in total. The molecule has 0 amide bonds. The van der Waals surface area contributed by atoms with Gasteiger partial charge in [0.1, 0.15) is 24.3 Å². The SMILES string of the molecule is CCOc1nccc2c1OC[C@@H](COC)n1c(CS(=O)(=O)[C@@H](C)[C@@H](OC(C)C)c3ncc(Cl)cn3)nnc1-2. The van der Waals surface area contributed by atoms with Crippen molar-refractivity contribution in [2.75, 3.05) is 26.9 Å². The molecule has 0 aliphatic carbocycles. The van der Waals surface area contributed by atoms with Crippen molar-refractivity contribution in [1.29, 1.82) is 0 Å². The number of halogens is 1. The van der Waals surface area contributed by atoms with E-state index >= 15 is 0 Å². The second-order valence-corrected chi connectivity index (χ2v) is 11.8. The smallest absolute Gasteiger partial charge is 0.257 e. The highest BCUT2D eigenvalue weighted by Gasteiger charge is 2.37. The minimum absolute atomic E-state index is 0.179. The van der Waals surface area contributed by atoms with Gasteiger partial charge in [-0.2, -0.15) is 0 Å². The van der Waals surface area contributed by atoms with Gasteiger partial charge in [-0.25, -0.2) is 23.4 Å². The van der Waals surface area contributed by atoms with Crippen molar-refractivity contribution in [3.63, 3.8) is 0 Å². The molecular weight excluding hydrogens is 536 g/mol. The number of fused-ring (bicyclic) bond motifs is 3. The molecule has 1 aliphatic heterocycles. The van der Waals surface area contributed by atoms with Gasteiger partial charge < -0.3 is 23.5 Å². The minimum atomic E-state index is -3.84. The molecule has 0 aromatic carbocycles. The average molecular weight is 567 g/mol. The van der Waals surface area contributed by atoms with Gasteiger partial charge in [0.25, 0.3) is 5.88 Å². The molecule has 3 aromatic rings. The fourth-order valence-electron chi connectivity index (χ4n) is 4.19. The zero-order valence-corrected chi connectivity index (χ0v) is 23.4. The van der Waals surface area contributed by atoms with Crippen molar-refractivity contribution >= 4 is 21.4 Å². The van der Waals surface area contributed by atoms with E-state index in [2.05, 4.69) is 25.1 Å². The first-order valence-electron chi connectivity index (χ1n) is 12.2. The van der Waals surface area contributed by atoms with Crippen molar-refractivity contribution in [3.05, 3.63) is 41.3 Å². The van der Waals surface area contributed by atoms with Gasteiger partial charge in [0.15, 0.2) is 27.2 Å². The number of hydrogen-bond donors (Lipinski definition) is 0. The highest BCUT2D eigenvalue weighted by Crippen LogP contribution is 2.40. The molecule has 1 aliphatic rings. The first-order chi connectivity index (χ1) is 18.2. The molecule has 206 valence electrons. The van der Waals surface area contributed by atoms with Crippen LogP contribution < -0.4 is 9.47 Å². The molecule has 3 atom stereocenters. The van der Waals surface area contributed by atoms with E-state index in [0.29, 0.717) is 34.6 Å². The van der Waals surface area contributed by atoms with E-state index < -0.39 is 33.0 Å². The molecule has 0 bridgehead atoms. The van der Waals surface area contributed by atoms with Crippen LogP contribution in [0.5, 0.6) is 11.6 Å². The maximum atomic E-state index is 13.7. The summed E-state index contributed by atoms with van der Waals surface area (Å²) in [6, 6.07) is 1.34. The van der Waals surface area contributed by atoms with Crippen LogP contribution in [-0.2, 0) is 25.1 Å². The van der Waals surface area contributed by atoms with Gasteiger partial charge in [0.05, 0.1) is 41.2 Å². The lowest BCUT2D eigenvalue weighted by Gasteiger charge is -2.25. The third-order valence-electron chi connectivity index (χ3n) is 5.94. The Morgan fingerprint density at radius 2 is 1.92 bits per heavy atom. The average Bonchev–Trinajstić information content (AvgIpc) is 3.20. The Labute approximate surface area is 226 Å². The van der Waals surface area contributed by atoms with Crippen molar-refractivity contribution < 1.29 is 27.4 Å². The summed E-state index contributed by atoms with van der Waals surface area (Å²) >= 11 is 5.94. The molecule has 38 heavy (non-hydrogen) atoms. The summed E-state index contributed by atoms with van der Waals surface area (Å²) in [6.45, 7) is 7.89. The molecule has 0 unspecified atom stereocenters. The van der Waals surface area contributed by atoms with Gasteiger partial charge >= 0.3 is 0 Å². The number of hydrogen-bond acceptors (Lipinski definition) is 11. The maximum Gasteiger partial charge on any atom is 0.257 e. The second kappa shape index (κ2) is 11.9. The Bertz CT molecular complexity index is 1350. The first kappa shape index (κ1) is 28.1. The summed E-state index contributed by atoms with van der Waals surface area (Å²) in [5.74, 6) is 1.28. The normalized spacial score (nSPS) is 16.8. The molecule has 14 heteroatoms. The predicted molar refractivity (Wildman–Crippen MR) is 139 cm³/mol. The largest absolute Gasteiger partial charge is 0.485 e. The van der Waals surface area contributed by atoms with E-state index in [4.69, 9.17) is 30.5 Å². The fourth-order valence-corrected chi connectivity index (χ4v) is 5.67. The zero-order chi connectivity index (χ0) is 27.4. The molecule has 0 saturated carbocycles. The van der Waals surface area contributed by atoms with E-state index in [-0.39, 0.29) is 31.0 Å². The molecule has 0 saturated heterocycles. The number of ether oxygens (including phenoxy) is 4. The minimum Gasteiger partial charge on any atom is -0.485 e. The molecule has 0 fully saturated rings. The Morgan fingerprint density at radius 1 is 1.18 bits per heavy atom. The number of rotatable bonds is 11. The van der Waals surface area contributed by atoms with E-state index in [1.807, 2.05) is 20.8 Å². The summed E-state index contributed by atoms with van der Waals surface area (Å²) in [4.78, 5) is 12.7. The molecular formula is C24H31ClN6O6S. The van der Waals surface area contributed by atoms with Gasteiger partial charge in [-0.1, -0.05) is 11.6 Å². The summed E-state index contributed by atoms with van der Waals surface area (Å²) < 4.78 is 52.3. The number of pyridine rings is 1. The van der Waals surface area contributed by atoms with Crippen LogP contribution in [0.4, 0.5) is 0 Å². The number of methoxy groups -OCH3 is 1. The zero-order valence-electron chi connectivity index (χ0n) is 21.9. The van der Waals surface area contributed by atoms with Gasteiger partial charge in [-0.3, -0.25) is 0 Å². The predicted octanol–water partition coefficient (Wildman–Crippen LogP) is 3.23. The summed E-state index contributed by atoms with van der Waals surface area (Å²) in [6.07, 6.45) is 3.23. The van der Waals surface area contributed by atoms with Crippen LogP contribution in [0.3, 0.4) is 0 Å². The summed E-state index contributed by atoms with van der Waals surface area (Å²) in [5, 5.41) is 7.99. The third kappa shape index (κ3) is 5.90. The second-order valence-electron chi connectivity index (χ2n) is 9.03. The molecule has 3 aromatic heterocycles. The van der Waals surface area contributed by atoms with Crippen LogP contribution in [0.15, 0.2) is 24.7 Å². The molecule has 4 rings (SSSR count). The first-order valence-corrected chi connectivity index (χ1v) is 14.3. The Kier molecular flexibility index (Phi) is 8.81. The van der Waals surface area contributed by atoms with Crippen LogP contribution in [0.1, 0.15) is 51.5 Å². The monoisotopic (exact) mass is 566 g/mol. The van der Waals surface area contributed by atoms with Crippen LogP contribution in [0, 0.1) is 0 Å². The van der Waals surface area contributed by atoms with Gasteiger partial charge in [0, 0.05) is 25.7 Å². The molecule has 0 radical (unpaired) electrons. The Hall–Kier alpha value is -2.87. The van der Waals surface area contributed by atoms with Crippen molar-refractivity contribution in [1.82, 2.24) is 29.7 Å². The van der Waals surface area contributed by atoms with Gasteiger partial charge in [-0.05, 0) is 33.8 Å². The third-order valence-corrected chi connectivity index (χ3v) is 8.18. The summed E-state index contributed by atoms with van der Waals surface area (Å²) in [7, 11) is -2.28. The highest BCUT2D eigenvalue weighted by atomic mass is 35.5. The van der Waals surface area contributed by atoms with E-state index in [1.54, 1.807) is 30.9 Å². The van der Waals surface area contributed by atoms with E-state index in [0.717, 1.165) is 0 Å². The Balaban J connectivity index is 1.72. The van der Waals surface area contributed by atoms with Gasteiger partial charge in [0.2, 0.25) is 0 Å². The quantitative estimate of drug-likeness (QED) is 0.337. The number of nitrogens with zero attached hydrogens (tertiary/aromatic N) is 6. The lowest BCUT2D eigenvalue weighted by atomic mass is 10.2.